The summed E-state index contributed by atoms with van der Waals surface area (Å²) in [4.78, 5) is 18.6. The van der Waals surface area contributed by atoms with Crippen LogP contribution in [0.1, 0.15) is 40.1 Å². The van der Waals surface area contributed by atoms with Crippen molar-refractivity contribution in [2.24, 2.45) is 0 Å². The van der Waals surface area contributed by atoms with Gasteiger partial charge in [-0.15, -0.1) is 0 Å². The van der Waals surface area contributed by atoms with Gasteiger partial charge in [0, 0.05) is 37.1 Å². The summed E-state index contributed by atoms with van der Waals surface area (Å²) in [5.74, 6) is 0.950. The summed E-state index contributed by atoms with van der Waals surface area (Å²) < 4.78 is 5.52. The Hall–Kier alpha value is -2.92. The first kappa shape index (κ1) is 17.5. The molecule has 0 unspecified atom stereocenters. The highest BCUT2D eigenvalue weighted by atomic mass is 16.3. The van der Waals surface area contributed by atoms with Crippen LogP contribution >= 0.6 is 0 Å². The third-order valence-electron chi connectivity index (χ3n) is 4.62. The molecule has 5 nitrogen and oxygen atoms in total. The summed E-state index contributed by atoms with van der Waals surface area (Å²) in [5.41, 5.74) is 3.04. The summed E-state index contributed by atoms with van der Waals surface area (Å²) in [7, 11) is 0. The van der Waals surface area contributed by atoms with Crippen LogP contribution in [-0.2, 0) is 19.6 Å². The highest BCUT2D eigenvalue weighted by Gasteiger charge is 2.23. The van der Waals surface area contributed by atoms with Gasteiger partial charge in [-0.25, -0.2) is 0 Å². The molecule has 2 aromatic heterocycles. The molecular weight excluding hydrogens is 338 g/mol. The first-order chi connectivity index (χ1) is 13.3. The average Bonchev–Trinajstić information content (AvgIpc) is 3.35. The molecule has 3 aromatic rings. The Morgan fingerprint density at radius 1 is 1.04 bits per heavy atom. The predicted octanol–water partition coefficient (Wildman–Crippen LogP) is 3.77. The summed E-state index contributed by atoms with van der Waals surface area (Å²) in [5, 5.41) is 3.02. The molecule has 1 N–H and O–H groups in total. The first-order valence-electron chi connectivity index (χ1n) is 9.30. The van der Waals surface area contributed by atoms with Crippen LogP contribution in [0.15, 0.2) is 71.6 Å². The highest BCUT2D eigenvalue weighted by Crippen LogP contribution is 2.20. The third kappa shape index (κ3) is 5.05. The SMILES string of the molecule is O=C(NC1CC1)c1ccc(CN(Cc2cccnc2)Cc2ccco2)cc1. The molecule has 0 spiro atoms. The van der Waals surface area contributed by atoms with Crippen molar-refractivity contribution in [3.05, 3.63) is 89.6 Å². The van der Waals surface area contributed by atoms with Gasteiger partial charge in [0.25, 0.3) is 5.91 Å². The number of nitrogens with one attached hydrogen (secondary N) is 1. The minimum Gasteiger partial charge on any atom is -0.468 e. The predicted molar refractivity (Wildman–Crippen MR) is 103 cm³/mol. The van der Waals surface area contributed by atoms with Gasteiger partial charge in [-0.05, 0) is 54.3 Å². The monoisotopic (exact) mass is 361 g/mol. The van der Waals surface area contributed by atoms with Gasteiger partial charge in [0.05, 0.1) is 12.8 Å². The third-order valence-corrected chi connectivity index (χ3v) is 4.62. The van der Waals surface area contributed by atoms with Gasteiger partial charge in [0.1, 0.15) is 5.76 Å². The largest absolute Gasteiger partial charge is 0.468 e. The van der Waals surface area contributed by atoms with Gasteiger partial charge in [0.2, 0.25) is 0 Å². The fraction of sp³-hybridized carbons (Fsp3) is 0.273. The van der Waals surface area contributed by atoms with E-state index in [0.717, 1.165) is 48.4 Å². The van der Waals surface area contributed by atoms with E-state index in [1.165, 1.54) is 0 Å². The van der Waals surface area contributed by atoms with E-state index < -0.39 is 0 Å². The van der Waals surface area contributed by atoms with E-state index in [1.54, 1.807) is 12.5 Å². The fourth-order valence-corrected chi connectivity index (χ4v) is 3.06. The molecule has 1 aromatic carbocycles. The molecule has 1 saturated carbocycles. The van der Waals surface area contributed by atoms with Crippen LogP contribution in [0.3, 0.4) is 0 Å². The Balaban J connectivity index is 1.44. The molecule has 0 atom stereocenters. The van der Waals surface area contributed by atoms with Gasteiger partial charge < -0.3 is 9.73 Å². The van der Waals surface area contributed by atoms with E-state index in [-0.39, 0.29) is 5.91 Å². The first-order valence-corrected chi connectivity index (χ1v) is 9.30. The molecule has 2 heterocycles. The van der Waals surface area contributed by atoms with E-state index in [0.29, 0.717) is 12.6 Å². The zero-order valence-electron chi connectivity index (χ0n) is 15.2. The van der Waals surface area contributed by atoms with Crippen molar-refractivity contribution in [2.45, 2.75) is 38.5 Å². The number of rotatable bonds is 8. The zero-order valence-corrected chi connectivity index (χ0v) is 15.2. The molecule has 0 radical (unpaired) electrons. The number of amides is 1. The molecule has 0 bridgehead atoms. The van der Waals surface area contributed by atoms with Crippen molar-refractivity contribution >= 4 is 5.91 Å². The lowest BCUT2D eigenvalue weighted by Gasteiger charge is -2.21. The van der Waals surface area contributed by atoms with Crippen molar-refractivity contribution < 1.29 is 9.21 Å². The molecule has 0 saturated heterocycles. The van der Waals surface area contributed by atoms with Gasteiger partial charge in [-0.1, -0.05) is 18.2 Å². The number of aromatic nitrogens is 1. The van der Waals surface area contributed by atoms with Crippen molar-refractivity contribution in [3.8, 4) is 0 Å². The zero-order chi connectivity index (χ0) is 18.5. The van der Waals surface area contributed by atoms with Crippen molar-refractivity contribution in [1.29, 1.82) is 0 Å². The van der Waals surface area contributed by atoms with Gasteiger partial charge >= 0.3 is 0 Å². The van der Waals surface area contributed by atoms with Crippen LogP contribution in [0.5, 0.6) is 0 Å². The lowest BCUT2D eigenvalue weighted by atomic mass is 10.1. The molecule has 1 fully saturated rings. The van der Waals surface area contributed by atoms with Gasteiger partial charge in [-0.2, -0.15) is 0 Å². The van der Waals surface area contributed by atoms with Crippen LogP contribution in [0.25, 0.3) is 0 Å². The summed E-state index contributed by atoms with van der Waals surface area (Å²) >= 11 is 0. The summed E-state index contributed by atoms with van der Waals surface area (Å²) in [6.45, 7) is 2.25. The fourth-order valence-electron chi connectivity index (χ4n) is 3.06. The van der Waals surface area contributed by atoms with Gasteiger partial charge in [-0.3, -0.25) is 14.7 Å². The number of furan rings is 1. The maximum Gasteiger partial charge on any atom is 0.251 e. The standard InChI is InChI=1S/C22H23N3O2/c26-22(24-20-9-10-20)19-7-5-17(6-8-19)14-25(16-21-4-2-12-27-21)15-18-3-1-11-23-13-18/h1-8,11-13,20H,9-10,14-16H2,(H,24,26). The highest BCUT2D eigenvalue weighted by molar-refractivity contribution is 5.94. The summed E-state index contributed by atoms with van der Waals surface area (Å²) in [6, 6.07) is 16.2. The maximum atomic E-state index is 12.1. The molecule has 1 aliphatic carbocycles. The molecular formula is C22H23N3O2. The van der Waals surface area contributed by atoms with E-state index in [9.17, 15) is 4.79 Å². The van der Waals surface area contributed by atoms with Crippen molar-refractivity contribution in [3.63, 3.8) is 0 Å². The number of nitrogens with zero attached hydrogens (tertiary/aromatic N) is 2. The van der Waals surface area contributed by atoms with E-state index in [2.05, 4.69) is 21.3 Å². The minimum atomic E-state index is 0.0202. The van der Waals surface area contributed by atoms with Crippen LogP contribution in [-0.4, -0.2) is 21.8 Å². The molecule has 27 heavy (non-hydrogen) atoms. The van der Waals surface area contributed by atoms with Crippen LogP contribution in [0.4, 0.5) is 0 Å². The Kier molecular flexibility index (Phi) is 5.30. The second kappa shape index (κ2) is 8.18. The van der Waals surface area contributed by atoms with Gasteiger partial charge in [0.15, 0.2) is 0 Å². The molecule has 0 aliphatic heterocycles. The summed E-state index contributed by atoms with van der Waals surface area (Å²) in [6.07, 6.45) is 7.57. The second-order valence-corrected chi connectivity index (χ2v) is 7.03. The topological polar surface area (TPSA) is 58.4 Å². The Morgan fingerprint density at radius 2 is 1.85 bits per heavy atom. The number of hydrogen-bond donors (Lipinski definition) is 1. The Labute approximate surface area is 159 Å². The number of benzene rings is 1. The lowest BCUT2D eigenvalue weighted by Crippen LogP contribution is -2.25. The van der Waals surface area contributed by atoms with Crippen LogP contribution in [0.2, 0.25) is 0 Å². The Bertz CT molecular complexity index is 856. The lowest BCUT2D eigenvalue weighted by molar-refractivity contribution is 0.0951. The maximum absolute atomic E-state index is 12.1. The minimum absolute atomic E-state index is 0.0202. The molecule has 138 valence electrons. The number of hydrogen-bond acceptors (Lipinski definition) is 4. The smallest absolute Gasteiger partial charge is 0.251 e. The Morgan fingerprint density at radius 3 is 2.52 bits per heavy atom. The number of pyridine rings is 1. The second-order valence-electron chi connectivity index (χ2n) is 7.03. The quantitative estimate of drug-likeness (QED) is 0.663. The average molecular weight is 361 g/mol. The van der Waals surface area contributed by atoms with Crippen molar-refractivity contribution in [2.75, 3.05) is 0 Å². The van der Waals surface area contributed by atoms with E-state index in [4.69, 9.17) is 4.42 Å². The number of carbonyl (C=O) groups excluding carboxylic acids is 1. The van der Waals surface area contributed by atoms with Crippen molar-refractivity contribution in [1.82, 2.24) is 15.2 Å². The molecule has 5 heteroatoms. The molecule has 1 amide bonds. The van der Waals surface area contributed by atoms with Crippen LogP contribution < -0.4 is 5.32 Å². The van der Waals surface area contributed by atoms with E-state index >= 15 is 0 Å². The normalized spacial score (nSPS) is 13.7. The van der Waals surface area contributed by atoms with Crippen LogP contribution in [0, 0.1) is 0 Å². The number of carbonyl (C=O) groups is 1. The molecule has 1 aliphatic rings. The van der Waals surface area contributed by atoms with E-state index in [1.807, 2.05) is 48.7 Å². The molecule has 4 rings (SSSR count).